The van der Waals surface area contributed by atoms with Crippen molar-refractivity contribution in [1.29, 1.82) is 0 Å². The van der Waals surface area contributed by atoms with Crippen molar-refractivity contribution in [3.05, 3.63) is 32.5 Å². The predicted molar refractivity (Wildman–Crippen MR) is 78.5 cm³/mol. The lowest BCUT2D eigenvalue weighted by Crippen LogP contribution is -2.23. The smallest absolute Gasteiger partial charge is 0.348 e. The molecule has 0 aliphatic heterocycles. The number of halogens is 1. The lowest BCUT2D eigenvalue weighted by atomic mass is 10.2. The van der Waals surface area contributed by atoms with Gasteiger partial charge < -0.3 is 10.1 Å². The summed E-state index contributed by atoms with van der Waals surface area (Å²) < 4.78 is 5.69. The molecule has 1 amide bonds. The molecule has 1 aliphatic rings. The molecule has 0 radical (unpaired) electrons. The van der Waals surface area contributed by atoms with E-state index in [-0.39, 0.29) is 17.2 Å². The zero-order valence-corrected chi connectivity index (χ0v) is 12.6. The minimum atomic E-state index is -0.323. The number of nitrogens with one attached hydrogen (secondary N) is 1. The second-order valence-electron chi connectivity index (χ2n) is 3.87. The van der Waals surface area contributed by atoms with Gasteiger partial charge in [-0.1, -0.05) is 22.0 Å². The number of carbonyl (C=O) groups is 2. The van der Waals surface area contributed by atoms with Crippen LogP contribution in [0.2, 0.25) is 0 Å². The van der Waals surface area contributed by atoms with E-state index in [1.165, 1.54) is 18.4 Å². The van der Waals surface area contributed by atoms with Crippen LogP contribution in [-0.2, 0) is 9.53 Å². The third-order valence-electron chi connectivity index (χ3n) is 2.58. The maximum absolute atomic E-state index is 11.4. The van der Waals surface area contributed by atoms with Gasteiger partial charge in [-0.05, 0) is 23.4 Å². The number of hydrogen-bond acceptors (Lipinski definition) is 4. The normalized spacial score (nSPS) is 13.3. The third-order valence-corrected chi connectivity index (χ3v) is 4.18. The molecule has 0 saturated carbocycles. The maximum atomic E-state index is 11.4. The molecule has 0 spiro atoms. The molecule has 19 heavy (non-hydrogen) atoms. The van der Waals surface area contributed by atoms with Crippen molar-refractivity contribution in [2.24, 2.45) is 0 Å². The predicted octanol–water partition coefficient (Wildman–Crippen LogP) is 0.894. The standard InChI is InChI=1S/C13H12BrNO3S/c1-18-13(17)11-6-8-2-3-9(15-12(16)7-14)4-5-10(8)19-11/h2,4-6H,3,7H2,1H3,(H,15,16). The van der Waals surface area contributed by atoms with E-state index in [1.54, 1.807) is 0 Å². The summed E-state index contributed by atoms with van der Waals surface area (Å²) in [6, 6.07) is 1.81. The van der Waals surface area contributed by atoms with E-state index >= 15 is 0 Å². The summed E-state index contributed by atoms with van der Waals surface area (Å²) >= 11 is 4.49. The van der Waals surface area contributed by atoms with Crippen LogP contribution >= 0.6 is 27.3 Å². The first-order valence-electron chi connectivity index (χ1n) is 5.59. The molecular formula is C13H12BrNO3S. The van der Waals surface area contributed by atoms with Gasteiger partial charge in [0.2, 0.25) is 5.91 Å². The fraction of sp³-hybridized carbons (Fsp3) is 0.231. The Morgan fingerprint density at radius 3 is 2.95 bits per heavy atom. The highest BCUT2D eigenvalue weighted by Crippen LogP contribution is 2.06. The highest BCUT2D eigenvalue weighted by Gasteiger charge is 2.09. The van der Waals surface area contributed by atoms with Gasteiger partial charge in [-0.25, -0.2) is 4.79 Å². The molecule has 1 N–H and O–H groups in total. The molecule has 0 fully saturated rings. The Bertz CT molecular complexity index is 660. The van der Waals surface area contributed by atoms with Gasteiger partial charge in [0, 0.05) is 16.7 Å². The summed E-state index contributed by atoms with van der Waals surface area (Å²) in [6.07, 6.45) is 6.38. The lowest BCUT2D eigenvalue weighted by molar-refractivity contribution is -0.117. The topological polar surface area (TPSA) is 55.4 Å². The average molecular weight is 342 g/mol. The maximum Gasteiger partial charge on any atom is 0.348 e. The Morgan fingerprint density at radius 2 is 2.26 bits per heavy atom. The van der Waals surface area contributed by atoms with E-state index in [9.17, 15) is 9.59 Å². The average Bonchev–Trinajstić information content (AvgIpc) is 2.75. The molecule has 1 aromatic rings. The molecule has 6 heteroatoms. The summed E-state index contributed by atoms with van der Waals surface area (Å²) in [4.78, 5) is 23.3. The second kappa shape index (κ2) is 6.16. The highest BCUT2D eigenvalue weighted by atomic mass is 79.9. The summed E-state index contributed by atoms with van der Waals surface area (Å²) in [5.41, 5.74) is 0.840. The van der Waals surface area contributed by atoms with E-state index < -0.39 is 0 Å². The summed E-state index contributed by atoms with van der Waals surface area (Å²) in [5, 5.41) is 4.07. The molecule has 1 aromatic heterocycles. The van der Waals surface area contributed by atoms with Crippen molar-refractivity contribution in [3.63, 3.8) is 0 Å². The number of allylic oxidation sites excluding steroid dienone is 2. The molecule has 0 bridgehead atoms. The monoisotopic (exact) mass is 341 g/mol. The highest BCUT2D eigenvalue weighted by molar-refractivity contribution is 9.09. The van der Waals surface area contributed by atoms with E-state index in [2.05, 4.69) is 21.2 Å². The first kappa shape index (κ1) is 14.0. The van der Waals surface area contributed by atoms with Crippen LogP contribution in [-0.4, -0.2) is 24.3 Å². The van der Waals surface area contributed by atoms with Crippen LogP contribution in [0.25, 0.3) is 12.2 Å². The quantitative estimate of drug-likeness (QED) is 0.656. The summed E-state index contributed by atoms with van der Waals surface area (Å²) in [7, 11) is 1.37. The van der Waals surface area contributed by atoms with Gasteiger partial charge in [0.05, 0.1) is 12.4 Å². The lowest BCUT2D eigenvalue weighted by Gasteiger charge is -2.04. The van der Waals surface area contributed by atoms with E-state index in [4.69, 9.17) is 4.74 Å². The van der Waals surface area contributed by atoms with Crippen molar-refractivity contribution in [3.8, 4) is 0 Å². The van der Waals surface area contributed by atoms with Gasteiger partial charge in [-0.3, -0.25) is 4.79 Å². The van der Waals surface area contributed by atoms with E-state index in [0.717, 1.165) is 15.4 Å². The van der Waals surface area contributed by atoms with Gasteiger partial charge in [-0.15, -0.1) is 11.3 Å². The Kier molecular flexibility index (Phi) is 4.55. The van der Waals surface area contributed by atoms with E-state index in [1.807, 2.05) is 24.3 Å². The first-order chi connectivity index (χ1) is 9.13. The Morgan fingerprint density at radius 1 is 1.47 bits per heavy atom. The molecule has 1 aliphatic carbocycles. The van der Waals surface area contributed by atoms with Gasteiger partial charge in [-0.2, -0.15) is 0 Å². The van der Waals surface area contributed by atoms with Crippen LogP contribution in [0.1, 0.15) is 16.1 Å². The summed E-state index contributed by atoms with van der Waals surface area (Å²) in [6.45, 7) is 0. The molecule has 2 rings (SSSR count). The molecular weight excluding hydrogens is 330 g/mol. The van der Waals surface area contributed by atoms with Crippen LogP contribution in [0.4, 0.5) is 0 Å². The van der Waals surface area contributed by atoms with Crippen molar-refractivity contribution in [1.82, 2.24) is 5.32 Å². The zero-order valence-electron chi connectivity index (χ0n) is 10.2. The molecule has 0 aromatic carbocycles. The fourth-order valence-electron chi connectivity index (χ4n) is 1.68. The second-order valence-corrected chi connectivity index (χ2v) is 5.51. The molecule has 0 saturated heterocycles. The Hall–Kier alpha value is -1.40. The SMILES string of the molecule is COC(=O)c1cc2c(s1)=CC=C(NC(=O)CBr)CC=2. The largest absolute Gasteiger partial charge is 0.465 e. The van der Waals surface area contributed by atoms with Gasteiger partial charge >= 0.3 is 5.97 Å². The van der Waals surface area contributed by atoms with Crippen LogP contribution in [0.3, 0.4) is 0 Å². The molecule has 4 nitrogen and oxygen atoms in total. The number of ether oxygens (including phenoxy) is 1. The number of esters is 1. The molecule has 100 valence electrons. The third kappa shape index (κ3) is 3.33. The number of amides is 1. The van der Waals surface area contributed by atoms with Gasteiger partial charge in [0.25, 0.3) is 0 Å². The fourth-order valence-corrected chi connectivity index (χ4v) is 2.81. The molecule has 1 heterocycles. The van der Waals surface area contributed by atoms with Crippen LogP contribution < -0.4 is 15.1 Å². The Balaban J connectivity index is 2.29. The molecule has 0 atom stereocenters. The number of hydrogen-bond donors (Lipinski definition) is 1. The van der Waals surface area contributed by atoms with Crippen molar-refractivity contribution < 1.29 is 14.3 Å². The van der Waals surface area contributed by atoms with Gasteiger partial charge in [0.15, 0.2) is 0 Å². The number of fused-ring (bicyclic) bond motifs is 1. The number of rotatable bonds is 3. The van der Waals surface area contributed by atoms with Crippen LogP contribution in [0, 0.1) is 0 Å². The van der Waals surface area contributed by atoms with Gasteiger partial charge in [0.1, 0.15) is 4.88 Å². The Labute approximate surface area is 122 Å². The van der Waals surface area contributed by atoms with Crippen LogP contribution in [0.5, 0.6) is 0 Å². The molecule has 0 unspecified atom stereocenters. The van der Waals surface area contributed by atoms with E-state index in [0.29, 0.717) is 11.3 Å². The number of carbonyl (C=O) groups excluding carboxylic acids is 2. The number of thiophene rings is 1. The minimum absolute atomic E-state index is 0.0754. The van der Waals surface area contributed by atoms with Crippen molar-refractivity contribution in [2.45, 2.75) is 6.42 Å². The number of alkyl halides is 1. The number of methoxy groups -OCH3 is 1. The van der Waals surface area contributed by atoms with Crippen LogP contribution in [0.15, 0.2) is 17.8 Å². The van der Waals surface area contributed by atoms with Crippen molar-refractivity contribution >= 4 is 51.3 Å². The van der Waals surface area contributed by atoms with Crippen molar-refractivity contribution in [2.75, 3.05) is 12.4 Å². The zero-order chi connectivity index (χ0) is 13.8. The first-order valence-corrected chi connectivity index (χ1v) is 7.53. The summed E-state index contributed by atoms with van der Waals surface area (Å²) in [5.74, 6) is -0.398. The minimum Gasteiger partial charge on any atom is -0.465 e.